The van der Waals surface area contributed by atoms with Gasteiger partial charge in [0, 0.05) is 37.0 Å². The molecule has 0 aliphatic carbocycles. The van der Waals surface area contributed by atoms with Gasteiger partial charge in [-0.2, -0.15) is 0 Å². The fraction of sp³-hybridized carbons (Fsp3) is 0.286. The average Bonchev–Trinajstić information content (AvgIpc) is 3.31. The Kier molecular flexibility index (Phi) is 7.08. The van der Waals surface area contributed by atoms with E-state index in [4.69, 9.17) is 33.0 Å². The lowest BCUT2D eigenvalue weighted by atomic mass is 10.1. The predicted octanol–water partition coefficient (Wildman–Crippen LogP) is 6.92. The number of amidine groups is 1. The molecular formula is C28H28Cl2N4O2. The molecule has 1 fully saturated rings. The Balaban J connectivity index is 1.62. The van der Waals surface area contributed by atoms with Gasteiger partial charge in [-0.25, -0.2) is 5.01 Å². The number of ether oxygens (including phenoxy) is 1. The molecule has 3 aromatic rings. The van der Waals surface area contributed by atoms with Crippen molar-refractivity contribution in [2.45, 2.75) is 32.4 Å². The molecule has 1 atom stereocenters. The van der Waals surface area contributed by atoms with Gasteiger partial charge in [0.15, 0.2) is 17.8 Å². The maximum absolute atomic E-state index is 12.9. The Morgan fingerprint density at radius 2 is 1.56 bits per heavy atom. The van der Waals surface area contributed by atoms with Gasteiger partial charge in [-0.1, -0.05) is 41.4 Å². The van der Waals surface area contributed by atoms with Crippen LogP contribution in [0, 0.1) is 0 Å². The van der Waals surface area contributed by atoms with E-state index in [-0.39, 0.29) is 5.78 Å². The number of piperidine rings is 1. The number of ketones is 1. The fourth-order valence-corrected chi connectivity index (χ4v) is 5.18. The summed E-state index contributed by atoms with van der Waals surface area (Å²) < 4.78 is 5.72. The first-order valence-electron chi connectivity index (χ1n) is 12.1. The van der Waals surface area contributed by atoms with Crippen LogP contribution in [0.3, 0.4) is 0 Å². The van der Waals surface area contributed by atoms with E-state index in [9.17, 15) is 4.79 Å². The number of rotatable bonds is 6. The van der Waals surface area contributed by atoms with Gasteiger partial charge in [-0.3, -0.25) is 9.69 Å². The monoisotopic (exact) mass is 522 g/mol. The third-order valence-corrected chi connectivity index (χ3v) is 7.39. The Bertz CT molecular complexity index is 1290. The number of nitrogens with zero attached hydrogens (tertiary/aromatic N) is 4. The average molecular weight is 523 g/mol. The summed E-state index contributed by atoms with van der Waals surface area (Å²) >= 11 is 12.6. The minimum atomic E-state index is -0.474. The van der Waals surface area contributed by atoms with E-state index in [2.05, 4.69) is 29.2 Å². The standard InChI is InChI=1S/C28H28Cl2N4O2/c1-19(35)27-31-34(22-14-15-24(29)25(30)18-22)28(23-8-4-5-9-26(23)36-2)33(27)21-12-10-20(11-13-21)32-16-6-3-7-17-32/h4-5,8-15,18,28H,3,6-7,16-17H2,1-2H3. The molecule has 1 saturated heterocycles. The summed E-state index contributed by atoms with van der Waals surface area (Å²) in [5, 5.41) is 7.46. The number of halogens is 2. The molecule has 0 spiro atoms. The van der Waals surface area contributed by atoms with Gasteiger partial charge in [0.25, 0.3) is 0 Å². The first kappa shape index (κ1) is 24.5. The summed E-state index contributed by atoms with van der Waals surface area (Å²) in [6.07, 6.45) is 3.23. The van der Waals surface area contributed by atoms with Crippen molar-refractivity contribution in [2.24, 2.45) is 5.10 Å². The molecule has 2 aliphatic heterocycles. The Labute approximate surface area is 221 Å². The van der Waals surface area contributed by atoms with E-state index < -0.39 is 6.17 Å². The molecule has 0 bridgehead atoms. The number of anilines is 3. The van der Waals surface area contributed by atoms with Crippen molar-refractivity contribution in [2.75, 3.05) is 35.0 Å². The molecule has 3 aromatic carbocycles. The summed E-state index contributed by atoms with van der Waals surface area (Å²) in [5.74, 6) is 0.891. The molecule has 0 N–H and O–H groups in total. The van der Waals surface area contributed by atoms with Crippen molar-refractivity contribution >= 4 is 51.9 Å². The number of benzene rings is 3. The van der Waals surface area contributed by atoms with Crippen LogP contribution in [0.15, 0.2) is 71.8 Å². The smallest absolute Gasteiger partial charge is 0.198 e. The first-order valence-corrected chi connectivity index (χ1v) is 12.8. The number of hydrogen-bond donors (Lipinski definition) is 0. The molecule has 0 saturated carbocycles. The number of Topliss-reactive ketones (excluding diaryl/α,β-unsaturated/α-hetero) is 1. The van der Waals surface area contributed by atoms with Crippen LogP contribution in [0.25, 0.3) is 0 Å². The largest absolute Gasteiger partial charge is 0.496 e. The summed E-state index contributed by atoms with van der Waals surface area (Å²) in [4.78, 5) is 17.3. The second-order valence-corrected chi connectivity index (χ2v) is 9.79. The zero-order valence-electron chi connectivity index (χ0n) is 20.3. The van der Waals surface area contributed by atoms with Crippen molar-refractivity contribution in [1.29, 1.82) is 0 Å². The molecule has 6 nitrogen and oxygen atoms in total. The molecule has 0 amide bonds. The van der Waals surface area contributed by atoms with Gasteiger partial charge in [-0.15, -0.1) is 5.10 Å². The van der Waals surface area contributed by atoms with Crippen molar-refractivity contribution in [3.05, 3.63) is 82.3 Å². The number of carbonyl (C=O) groups is 1. The molecule has 2 aliphatic rings. The van der Waals surface area contributed by atoms with E-state index in [1.165, 1.54) is 31.9 Å². The number of hydrazone groups is 1. The van der Waals surface area contributed by atoms with Crippen LogP contribution in [0.2, 0.25) is 10.0 Å². The Morgan fingerprint density at radius 3 is 2.22 bits per heavy atom. The van der Waals surface area contributed by atoms with Gasteiger partial charge in [0.2, 0.25) is 0 Å². The van der Waals surface area contributed by atoms with E-state index >= 15 is 0 Å². The molecule has 5 rings (SSSR count). The third-order valence-electron chi connectivity index (χ3n) is 6.66. The number of para-hydroxylation sites is 1. The molecule has 8 heteroatoms. The minimum Gasteiger partial charge on any atom is -0.496 e. The first-order chi connectivity index (χ1) is 17.5. The molecule has 0 radical (unpaired) electrons. The second kappa shape index (κ2) is 10.4. The van der Waals surface area contributed by atoms with Crippen LogP contribution in [0.5, 0.6) is 5.75 Å². The maximum Gasteiger partial charge on any atom is 0.198 e. The SMILES string of the molecule is COc1ccccc1C1N(c2ccc(Cl)c(Cl)c2)N=C(C(C)=O)N1c1ccc(N2CCCCC2)cc1. The van der Waals surface area contributed by atoms with Crippen molar-refractivity contribution < 1.29 is 9.53 Å². The lowest BCUT2D eigenvalue weighted by molar-refractivity contribution is -0.111. The van der Waals surface area contributed by atoms with Gasteiger partial charge in [0.05, 0.1) is 22.8 Å². The third kappa shape index (κ3) is 4.63. The van der Waals surface area contributed by atoms with Gasteiger partial charge >= 0.3 is 0 Å². The lowest BCUT2D eigenvalue weighted by Crippen LogP contribution is -2.38. The molecule has 0 aromatic heterocycles. The predicted molar refractivity (Wildman–Crippen MR) is 148 cm³/mol. The van der Waals surface area contributed by atoms with Crippen molar-refractivity contribution in [3.63, 3.8) is 0 Å². The molecule has 1 unspecified atom stereocenters. The van der Waals surface area contributed by atoms with Crippen molar-refractivity contribution in [1.82, 2.24) is 0 Å². The zero-order valence-corrected chi connectivity index (χ0v) is 21.8. The molecule has 2 heterocycles. The Hall–Kier alpha value is -3.22. The van der Waals surface area contributed by atoms with Gasteiger partial charge < -0.3 is 9.64 Å². The highest BCUT2D eigenvalue weighted by molar-refractivity contribution is 6.44. The highest BCUT2D eigenvalue weighted by Gasteiger charge is 2.40. The topological polar surface area (TPSA) is 48.4 Å². The number of carbonyl (C=O) groups excluding carboxylic acids is 1. The summed E-state index contributed by atoms with van der Waals surface area (Å²) in [7, 11) is 1.64. The molecule has 186 valence electrons. The normalized spacial score (nSPS) is 17.8. The number of methoxy groups -OCH3 is 1. The zero-order chi connectivity index (χ0) is 25.2. The van der Waals surface area contributed by atoms with Crippen molar-refractivity contribution in [3.8, 4) is 5.75 Å². The fourth-order valence-electron chi connectivity index (χ4n) is 4.89. The quantitative estimate of drug-likeness (QED) is 0.351. The molecule has 36 heavy (non-hydrogen) atoms. The summed E-state index contributed by atoms with van der Waals surface area (Å²) in [5.41, 5.74) is 3.63. The van der Waals surface area contributed by atoms with Crippen LogP contribution >= 0.6 is 23.2 Å². The van der Waals surface area contributed by atoms with Gasteiger partial charge in [-0.05, 0) is 67.8 Å². The van der Waals surface area contributed by atoms with E-state index in [0.717, 1.165) is 24.3 Å². The highest BCUT2D eigenvalue weighted by atomic mass is 35.5. The van der Waals surface area contributed by atoms with E-state index in [0.29, 0.717) is 27.3 Å². The number of hydrogen-bond acceptors (Lipinski definition) is 6. The van der Waals surface area contributed by atoms with Crippen LogP contribution in [0.4, 0.5) is 17.1 Å². The van der Waals surface area contributed by atoms with Crippen LogP contribution < -0.4 is 19.5 Å². The minimum absolute atomic E-state index is 0.141. The van der Waals surface area contributed by atoms with Crippen LogP contribution in [-0.2, 0) is 4.79 Å². The second-order valence-electron chi connectivity index (χ2n) is 8.97. The van der Waals surface area contributed by atoms with E-state index in [1.807, 2.05) is 35.2 Å². The maximum atomic E-state index is 12.9. The van der Waals surface area contributed by atoms with Crippen LogP contribution in [-0.4, -0.2) is 31.8 Å². The molecular weight excluding hydrogens is 495 g/mol. The summed E-state index contributed by atoms with van der Waals surface area (Å²) in [6.45, 7) is 3.67. The lowest BCUT2D eigenvalue weighted by Gasteiger charge is -2.33. The van der Waals surface area contributed by atoms with Crippen LogP contribution in [0.1, 0.15) is 37.9 Å². The van der Waals surface area contributed by atoms with E-state index in [1.54, 1.807) is 24.3 Å². The summed E-state index contributed by atoms with van der Waals surface area (Å²) in [6, 6.07) is 21.5. The van der Waals surface area contributed by atoms with Gasteiger partial charge in [0.1, 0.15) is 5.75 Å². The Morgan fingerprint density at radius 1 is 0.889 bits per heavy atom. The highest BCUT2D eigenvalue weighted by Crippen LogP contribution is 2.43.